The normalized spacial score (nSPS) is 19.1. The van der Waals surface area contributed by atoms with Crippen LogP contribution >= 0.6 is 11.8 Å². The van der Waals surface area contributed by atoms with E-state index in [1.54, 1.807) is 11.8 Å². The van der Waals surface area contributed by atoms with Gasteiger partial charge in [0, 0.05) is 12.2 Å². The van der Waals surface area contributed by atoms with Crippen molar-refractivity contribution >= 4 is 23.8 Å². The fourth-order valence-electron chi connectivity index (χ4n) is 3.59. The minimum atomic E-state index is -0.704. The highest BCUT2D eigenvalue weighted by molar-refractivity contribution is 7.99. The second-order valence-corrected chi connectivity index (χ2v) is 10.1. The molecule has 172 valence electrons. The van der Waals surface area contributed by atoms with E-state index in [0.29, 0.717) is 0 Å². The third kappa shape index (κ3) is 9.38. The number of allylic oxidation sites excluding steroid dienone is 1. The van der Waals surface area contributed by atoms with Crippen molar-refractivity contribution in [3.05, 3.63) is 48.0 Å². The molecule has 1 N–H and O–H groups in total. The molecule has 2 rings (SSSR count). The zero-order chi connectivity index (χ0) is 22.7. The quantitative estimate of drug-likeness (QED) is 0.298. The van der Waals surface area contributed by atoms with Gasteiger partial charge in [-0.1, -0.05) is 68.2 Å². The Hall–Kier alpha value is -1.95. The molecule has 1 saturated heterocycles. The van der Waals surface area contributed by atoms with Crippen LogP contribution in [0, 0.1) is 0 Å². The van der Waals surface area contributed by atoms with Crippen LogP contribution in [0.15, 0.2) is 42.5 Å². The molecule has 31 heavy (non-hydrogen) atoms. The van der Waals surface area contributed by atoms with Crippen molar-refractivity contribution in [3.8, 4) is 0 Å². The summed E-state index contributed by atoms with van der Waals surface area (Å²) in [5.74, 6) is 0.156. The zero-order valence-electron chi connectivity index (χ0n) is 19.1. The molecule has 0 aliphatic carbocycles. The lowest BCUT2D eigenvalue weighted by Crippen LogP contribution is -2.40. The van der Waals surface area contributed by atoms with Gasteiger partial charge in [0.2, 0.25) is 0 Å². The fraction of sp³-hybridized carbons (Fsp3) is 0.600. The van der Waals surface area contributed by atoms with Crippen LogP contribution in [0.4, 0.5) is 4.79 Å². The van der Waals surface area contributed by atoms with Crippen molar-refractivity contribution in [1.82, 2.24) is 4.90 Å². The van der Waals surface area contributed by atoms with Crippen LogP contribution in [-0.2, 0) is 9.53 Å². The molecule has 0 bridgehead atoms. The molecule has 6 heteroatoms. The van der Waals surface area contributed by atoms with Crippen molar-refractivity contribution in [1.29, 1.82) is 0 Å². The Morgan fingerprint density at radius 2 is 1.74 bits per heavy atom. The van der Waals surface area contributed by atoms with E-state index in [9.17, 15) is 9.59 Å². The van der Waals surface area contributed by atoms with Crippen LogP contribution in [-0.4, -0.2) is 39.5 Å². The van der Waals surface area contributed by atoms with Gasteiger partial charge in [-0.05, 0) is 45.6 Å². The van der Waals surface area contributed by atoms with Crippen LogP contribution in [0.5, 0.6) is 0 Å². The van der Waals surface area contributed by atoms with Gasteiger partial charge in [0.15, 0.2) is 0 Å². The number of carboxylic acid groups (broad SMARTS) is 1. The van der Waals surface area contributed by atoms with Gasteiger partial charge in [-0.3, -0.25) is 9.69 Å². The number of thioether (sulfide) groups is 1. The minimum Gasteiger partial charge on any atom is -0.481 e. The second kappa shape index (κ2) is 12.8. The molecule has 5 nitrogen and oxygen atoms in total. The van der Waals surface area contributed by atoms with Crippen LogP contribution in [0.2, 0.25) is 0 Å². The molecule has 1 aliphatic heterocycles. The molecule has 1 unspecified atom stereocenters. The minimum absolute atomic E-state index is 0.0288. The van der Waals surface area contributed by atoms with Gasteiger partial charge in [0.1, 0.15) is 11.0 Å². The van der Waals surface area contributed by atoms with Crippen LogP contribution in [0.3, 0.4) is 0 Å². The van der Waals surface area contributed by atoms with Gasteiger partial charge >= 0.3 is 12.1 Å². The lowest BCUT2D eigenvalue weighted by molar-refractivity contribution is -0.137. The van der Waals surface area contributed by atoms with Gasteiger partial charge in [-0.15, -0.1) is 11.8 Å². The standard InChI is InChI=1S/C25H37NO4S/c1-25(2,3)30-24(29)26-21(19-31-23(26)20-15-11-10-12-16-20)17-13-8-6-4-5-7-9-14-18-22(27)28/h10-13,15-17,21,23H,4-9,14,18-19H2,1-3H3,(H,27,28)/b17-13+/t21-,23?/m1/s1. The maximum absolute atomic E-state index is 13.0. The van der Waals surface area contributed by atoms with Crippen LogP contribution in [0.25, 0.3) is 0 Å². The number of carbonyl (C=O) groups is 2. The lowest BCUT2D eigenvalue weighted by atomic mass is 10.1. The number of carbonyl (C=O) groups excluding carboxylic acids is 1. The van der Waals surface area contributed by atoms with E-state index >= 15 is 0 Å². The number of hydrogen-bond acceptors (Lipinski definition) is 4. The summed E-state index contributed by atoms with van der Waals surface area (Å²) < 4.78 is 5.71. The molecular weight excluding hydrogens is 410 g/mol. The summed E-state index contributed by atoms with van der Waals surface area (Å²) in [5, 5.41) is 8.62. The number of hydrogen-bond donors (Lipinski definition) is 1. The molecule has 0 aromatic heterocycles. The van der Waals surface area contributed by atoms with Gasteiger partial charge in [-0.25, -0.2) is 4.79 Å². The maximum atomic E-state index is 13.0. The van der Waals surface area contributed by atoms with E-state index < -0.39 is 11.6 Å². The van der Waals surface area contributed by atoms with Crippen LogP contribution < -0.4 is 0 Å². The molecule has 0 saturated carbocycles. The number of aliphatic carboxylic acids is 1. The first-order valence-corrected chi connectivity index (χ1v) is 12.4. The molecular formula is C25H37NO4S. The molecule has 2 atom stereocenters. The topological polar surface area (TPSA) is 66.8 Å². The summed E-state index contributed by atoms with van der Waals surface area (Å²) in [6, 6.07) is 10.2. The Balaban J connectivity index is 1.84. The first-order valence-electron chi connectivity index (χ1n) is 11.3. The molecule has 1 amide bonds. The first kappa shape index (κ1) is 25.3. The van der Waals surface area contributed by atoms with Crippen molar-refractivity contribution in [3.63, 3.8) is 0 Å². The smallest absolute Gasteiger partial charge is 0.411 e. The summed E-state index contributed by atoms with van der Waals surface area (Å²) >= 11 is 1.78. The van der Waals surface area contributed by atoms with Gasteiger partial charge in [0.05, 0.1) is 6.04 Å². The third-order valence-corrected chi connectivity index (χ3v) is 6.44. The summed E-state index contributed by atoms with van der Waals surface area (Å²) in [6.07, 6.45) is 11.6. The van der Waals surface area contributed by atoms with E-state index in [4.69, 9.17) is 9.84 Å². The lowest BCUT2D eigenvalue weighted by Gasteiger charge is -2.31. The predicted molar refractivity (Wildman–Crippen MR) is 127 cm³/mol. The SMILES string of the molecule is CC(C)(C)OC(=O)N1C(c2ccccc2)SC[C@H]1/C=C/CCCCCCCCC(=O)O. The zero-order valence-corrected chi connectivity index (χ0v) is 19.9. The average molecular weight is 448 g/mol. The highest BCUT2D eigenvalue weighted by Crippen LogP contribution is 2.42. The largest absolute Gasteiger partial charge is 0.481 e. The fourth-order valence-corrected chi connectivity index (χ4v) is 5.00. The summed E-state index contributed by atoms with van der Waals surface area (Å²) in [4.78, 5) is 25.4. The Bertz CT molecular complexity index is 714. The van der Waals surface area contributed by atoms with Crippen molar-refractivity contribution in [2.24, 2.45) is 0 Å². The number of ether oxygens (including phenoxy) is 1. The van der Waals surface area contributed by atoms with E-state index in [1.807, 2.05) is 43.9 Å². The van der Waals surface area contributed by atoms with E-state index in [0.717, 1.165) is 56.3 Å². The van der Waals surface area contributed by atoms with Gasteiger partial charge < -0.3 is 9.84 Å². The van der Waals surface area contributed by atoms with Crippen LogP contribution in [0.1, 0.15) is 83.1 Å². The van der Waals surface area contributed by atoms with Gasteiger partial charge in [-0.2, -0.15) is 0 Å². The Kier molecular flexibility index (Phi) is 10.4. The summed E-state index contributed by atoms with van der Waals surface area (Å²) in [6.45, 7) is 5.70. The Morgan fingerprint density at radius 3 is 2.39 bits per heavy atom. The Labute approximate surface area is 191 Å². The maximum Gasteiger partial charge on any atom is 0.411 e. The molecule has 1 aromatic rings. The van der Waals surface area contributed by atoms with Crippen molar-refractivity contribution in [2.45, 2.75) is 89.2 Å². The summed E-state index contributed by atoms with van der Waals surface area (Å²) in [5.41, 5.74) is 0.599. The average Bonchev–Trinajstić information content (AvgIpc) is 3.12. The van der Waals surface area contributed by atoms with E-state index in [-0.39, 0.29) is 23.9 Å². The second-order valence-electron chi connectivity index (χ2n) is 9.03. The number of carboxylic acids is 1. The molecule has 1 aromatic carbocycles. The van der Waals surface area contributed by atoms with E-state index in [1.165, 1.54) is 0 Å². The molecule has 1 fully saturated rings. The molecule has 0 spiro atoms. The molecule has 1 heterocycles. The van der Waals surface area contributed by atoms with Gasteiger partial charge in [0.25, 0.3) is 0 Å². The van der Waals surface area contributed by atoms with E-state index in [2.05, 4.69) is 24.3 Å². The Morgan fingerprint density at radius 1 is 1.10 bits per heavy atom. The molecule has 1 aliphatic rings. The number of amides is 1. The number of unbranched alkanes of at least 4 members (excludes halogenated alkanes) is 6. The predicted octanol–water partition coefficient (Wildman–Crippen LogP) is 6.80. The van der Waals surface area contributed by atoms with Crippen molar-refractivity contribution < 1.29 is 19.4 Å². The van der Waals surface area contributed by atoms with Crippen molar-refractivity contribution in [2.75, 3.05) is 5.75 Å². The summed E-state index contributed by atoms with van der Waals surface area (Å²) in [7, 11) is 0. The first-order chi connectivity index (χ1) is 14.8. The number of rotatable bonds is 11. The third-order valence-electron chi connectivity index (χ3n) is 5.09. The molecule has 0 radical (unpaired) electrons. The number of benzene rings is 1. The highest BCUT2D eigenvalue weighted by atomic mass is 32.2. The monoisotopic (exact) mass is 447 g/mol. The highest BCUT2D eigenvalue weighted by Gasteiger charge is 2.39. The number of nitrogens with zero attached hydrogens (tertiary/aromatic N) is 1.